The summed E-state index contributed by atoms with van der Waals surface area (Å²) in [5, 5.41) is 9.25. The van der Waals surface area contributed by atoms with Crippen LogP contribution in [0.4, 0.5) is 0 Å². The molecule has 1 amide bonds. The van der Waals surface area contributed by atoms with Crippen molar-refractivity contribution in [3.8, 4) is 16.9 Å². The van der Waals surface area contributed by atoms with Gasteiger partial charge in [0, 0.05) is 19.0 Å². The standard InChI is InChI=1S/C28H29NO4/c1-18-8-11-23(25-15-20(16-28(31)32)9-13-27(25)33-3)22(14-18)17-29(19(2)30)26-12-10-21-6-4-5-7-24(21)26/h4-9,11,13-15,26H,10,12,16-17H2,1-3H3,(H,31,32)/t26-/m1/s1. The highest BCUT2D eigenvalue weighted by molar-refractivity contribution is 5.78. The average Bonchev–Trinajstić information content (AvgIpc) is 3.21. The van der Waals surface area contributed by atoms with E-state index < -0.39 is 5.97 Å². The van der Waals surface area contributed by atoms with Crippen LogP contribution < -0.4 is 4.74 Å². The Morgan fingerprint density at radius 1 is 1.06 bits per heavy atom. The molecular weight excluding hydrogens is 414 g/mol. The molecule has 0 unspecified atom stereocenters. The maximum Gasteiger partial charge on any atom is 0.307 e. The van der Waals surface area contributed by atoms with Crippen molar-refractivity contribution in [2.75, 3.05) is 7.11 Å². The molecule has 5 nitrogen and oxygen atoms in total. The van der Waals surface area contributed by atoms with E-state index in [2.05, 4.69) is 18.2 Å². The van der Waals surface area contributed by atoms with Gasteiger partial charge in [-0.3, -0.25) is 9.59 Å². The zero-order chi connectivity index (χ0) is 23.5. The molecule has 0 aromatic heterocycles. The van der Waals surface area contributed by atoms with Crippen LogP contribution in [0.5, 0.6) is 5.75 Å². The predicted octanol–water partition coefficient (Wildman–Crippen LogP) is 5.33. The van der Waals surface area contributed by atoms with Crippen molar-refractivity contribution in [3.63, 3.8) is 0 Å². The lowest BCUT2D eigenvalue weighted by atomic mass is 9.94. The molecule has 1 atom stereocenters. The van der Waals surface area contributed by atoms with Crippen molar-refractivity contribution < 1.29 is 19.4 Å². The number of fused-ring (bicyclic) bond motifs is 1. The second kappa shape index (κ2) is 9.49. The summed E-state index contributed by atoms with van der Waals surface area (Å²) in [5.74, 6) is -0.163. The minimum absolute atomic E-state index is 0.0377. The maximum absolute atomic E-state index is 12.8. The van der Waals surface area contributed by atoms with Crippen LogP contribution in [0, 0.1) is 6.92 Å². The number of hydrogen-bond acceptors (Lipinski definition) is 3. The van der Waals surface area contributed by atoms with Gasteiger partial charge in [0.1, 0.15) is 5.75 Å². The maximum atomic E-state index is 12.8. The number of carboxylic acids is 1. The number of carbonyl (C=O) groups excluding carboxylic acids is 1. The molecule has 0 saturated heterocycles. The number of aryl methyl sites for hydroxylation is 2. The lowest BCUT2D eigenvalue weighted by Crippen LogP contribution is -2.31. The van der Waals surface area contributed by atoms with Crippen molar-refractivity contribution in [2.45, 2.75) is 45.7 Å². The Labute approximate surface area is 194 Å². The summed E-state index contributed by atoms with van der Waals surface area (Å²) >= 11 is 0. The highest BCUT2D eigenvalue weighted by Crippen LogP contribution is 2.39. The number of ether oxygens (including phenoxy) is 1. The van der Waals surface area contributed by atoms with Crippen molar-refractivity contribution in [3.05, 3.63) is 88.5 Å². The number of carboxylic acid groups (broad SMARTS) is 1. The number of methoxy groups -OCH3 is 1. The molecule has 0 spiro atoms. The third kappa shape index (κ3) is 4.77. The summed E-state index contributed by atoms with van der Waals surface area (Å²) in [6, 6.07) is 20.0. The summed E-state index contributed by atoms with van der Waals surface area (Å²) in [4.78, 5) is 26.0. The summed E-state index contributed by atoms with van der Waals surface area (Å²) in [6.45, 7) is 4.14. The number of carbonyl (C=O) groups is 2. The van der Waals surface area contributed by atoms with Gasteiger partial charge in [-0.1, -0.05) is 54.1 Å². The highest BCUT2D eigenvalue weighted by atomic mass is 16.5. The SMILES string of the molecule is COc1ccc(CC(=O)O)cc1-c1ccc(C)cc1CN(C(C)=O)[C@@H]1CCc2ccccc21. The van der Waals surface area contributed by atoms with Crippen LogP contribution in [0.2, 0.25) is 0 Å². The van der Waals surface area contributed by atoms with E-state index in [1.54, 1.807) is 20.1 Å². The van der Waals surface area contributed by atoms with Gasteiger partial charge >= 0.3 is 5.97 Å². The van der Waals surface area contributed by atoms with Crippen LogP contribution >= 0.6 is 0 Å². The molecular formula is C28H29NO4. The molecule has 5 heteroatoms. The van der Waals surface area contributed by atoms with Crippen LogP contribution in [-0.4, -0.2) is 29.0 Å². The Balaban J connectivity index is 1.76. The van der Waals surface area contributed by atoms with Crippen molar-refractivity contribution in [2.24, 2.45) is 0 Å². The number of aliphatic carboxylic acids is 1. The van der Waals surface area contributed by atoms with Crippen molar-refractivity contribution in [1.29, 1.82) is 0 Å². The Morgan fingerprint density at radius 3 is 2.58 bits per heavy atom. The molecule has 0 bridgehead atoms. The molecule has 170 valence electrons. The number of amides is 1. The second-order valence-corrected chi connectivity index (χ2v) is 8.67. The molecule has 3 aromatic rings. The smallest absolute Gasteiger partial charge is 0.307 e. The van der Waals surface area contributed by atoms with Crippen LogP contribution in [0.1, 0.15) is 47.2 Å². The summed E-state index contributed by atoms with van der Waals surface area (Å²) in [6.07, 6.45) is 1.82. The Bertz CT molecular complexity index is 1200. The zero-order valence-corrected chi connectivity index (χ0v) is 19.3. The molecule has 0 heterocycles. The Hall–Kier alpha value is -3.60. The summed E-state index contributed by atoms with van der Waals surface area (Å²) in [5.41, 5.74) is 7.14. The van der Waals surface area contributed by atoms with Gasteiger partial charge in [0.2, 0.25) is 5.91 Å². The van der Waals surface area contributed by atoms with Gasteiger partial charge in [-0.05, 0) is 59.7 Å². The third-order valence-corrected chi connectivity index (χ3v) is 6.39. The van der Waals surface area contributed by atoms with E-state index in [0.29, 0.717) is 17.9 Å². The molecule has 4 rings (SSSR count). The van der Waals surface area contributed by atoms with Gasteiger partial charge in [0.15, 0.2) is 0 Å². The van der Waals surface area contributed by atoms with Gasteiger partial charge in [0.05, 0.1) is 19.6 Å². The molecule has 3 aromatic carbocycles. The predicted molar refractivity (Wildman–Crippen MR) is 128 cm³/mol. The Kier molecular flexibility index (Phi) is 6.50. The van der Waals surface area contributed by atoms with E-state index in [-0.39, 0.29) is 18.4 Å². The second-order valence-electron chi connectivity index (χ2n) is 8.67. The fraction of sp³-hybridized carbons (Fsp3) is 0.286. The van der Waals surface area contributed by atoms with Gasteiger partial charge < -0.3 is 14.7 Å². The molecule has 0 aliphatic heterocycles. The fourth-order valence-corrected chi connectivity index (χ4v) is 4.85. The van der Waals surface area contributed by atoms with Gasteiger partial charge in [-0.15, -0.1) is 0 Å². The van der Waals surface area contributed by atoms with Gasteiger partial charge in [-0.2, -0.15) is 0 Å². The van der Waals surface area contributed by atoms with E-state index in [1.807, 2.05) is 48.2 Å². The monoisotopic (exact) mass is 443 g/mol. The first-order valence-electron chi connectivity index (χ1n) is 11.2. The number of hydrogen-bond donors (Lipinski definition) is 1. The minimum atomic E-state index is -0.877. The molecule has 1 N–H and O–H groups in total. The largest absolute Gasteiger partial charge is 0.496 e. The summed E-state index contributed by atoms with van der Waals surface area (Å²) in [7, 11) is 1.61. The van der Waals surface area contributed by atoms with Crippen LogP contribution in [-0.2, 0) is 29.0 Å². The number of benzene rings is 3. The molecule has 1 aliphatic rings. The number of rotatable bonds is 7. The minimum Gasteiger partial charge on any atom is -0.496 e. The zero-order valence-electron chi connectivity index (χ0n) is 19.3. The van der Waals surface area contributed by atoms with Crippen molar-refractivity contribution in [1.82, 2.24) is 4.90 Å². The third-order valence-electron chi connectivity index (χ3n) is 6.39. The van der Waals surface area contributed by atoms with Crippen molar-refractivity contribution >= 4 is 11.9 Å². The van der Waals surface area contributed by atoms with E-state index in [4.69, 9.17) is 4.74 Å². The van der Waals surface area contributed by atoms with E-state index in [9.17, 15) is 14.7 Å². The average molecular weight is 444 g/mol. The summed E-state index contributed by atoms with van der Waals surface area (Å²) < 4.78 is 5.62. The molecule has 0 radical (unpaired) electrons. The van der Waals surface area contributed by atoms with Crippen LogP contribution in [0.3, 0.4) is 0 Å². The lowest BCUT2D eigenvalue weighted by Gasteiger charge is -2.30. The fourth-order valence-electron chi connectivity index (χ4n) is 4.85. The quantitative estimate of drug-likeness (QED) is 0.536. The van der Waals surface area contributed by atoms with E-state index in [0.717, 1.165) is 35.1 Å². The van der Waals surface area contributed by atoms with Crippen LogP contribution in [0.25, 0.3) is 11.1 Å². The highest BCUT2D eigenvalue weighted by Gasteiger charge is 2.30. The van der Waals surface area contributed by atoms with E-state index in [1.165, 1.54) is 11.1 Å². The van der Waals surface area contributed by atoms with Crippen LogP contribution in [0.15, 0.2) is 60.7 Å². The first kappa shape index (κ1) is 22.6. The molecule has 0 fully saturated rings. The van der Waals surface area contributed by atoms with E-state index >= 15 is 0 Å². The lowest BCUT2D eigenvalue weighted by molar-refractivity contribution is -0.136. The first-order valence-corrected chi connectivity index (χ1v) is 11.2. The number of nitrogens with zero attached hydrogens (tertiary/aromatic N) is 1. The molecule has 33 heavy (non-hydrogen) atoms. The Morgan fingerprint density at radius 2 is 1.85 bits per heavy atom. The van der Waals surface area contributed by atoms with Gasteiger partial charge in [0.25, 0.3) is 0 Å². The molecule has 0 saturated carbocycles. The normalized spacial score (nSPS) is 14.6. The topological polar surface area (TPSA) is 66.8 Å². The first-order chi connectivity index (χ1) is 15.9. The molecule has 1 aliphatic carbocycles. The van der Waals surface area contributed by atoms with Gasteiger partial charge in [-0.25, -0.2) is 0 Å².